The second kappa shape index (κ2) is 7.81. The number of aromatic nitrogens is 2. The van der Waals surface area contributed by atoms with Crippen molar-refractivity contribution in [2.45, 2.75) is 12.6 Å². The summed E-state index contributed by atoms with van der Waals surface area (Å²) in [4.78, 5) is 8.22. The molecule has 3 aromatic carbocycles. The van der Waals surface area contributed by atoms with Gasteiger partial charge in [-0.15, -0.1) is 0 Å². The normalized spacial score (nSPS) is 12.0. The zero-order chi connectivity index (χ0) is 17.6. The van der Waals surface area contributed by atoms with E-state index in [9.17, 15) is 0 Å². The van der Waals surface area contributed by atoms with Gasteiger partial charge in [-0.1, -0.05) is 91.0 Å². The molecule has 3 nitrogen and oxygen atoms in total. The third-order valence-corrected chi connectivity index (χ3v) is 4.43. The number of aromatic amines is 1. The molecule has 2 N–H and O–H groups in total. The largest absolute Gasteiger partial charge is 0.346 e. The number of hydrogen-bond acceptors (Lipinski definition) is 2. The quantitative estimate of drug-likeness (QED) is 0.521. The minimum Gasteiger partial charge on any atom is -0.346 e. The highest BCUT2D eigenvalue weighted by atomic mass is 15.0. The summed E-state index contributed by atoms with van der Waals surface area (Å²) in [5.41, 5.74) is 4.52. The molecule has 0 saturated carbocycles. The molecule has 1 aromatic heterocycles. The van der Waals surface area contributed by atoms with Gasteiger partial charge in [-0.25, -0.2) is 4.98 Å². The van der Waals surface area contributed by atoms with E-state index in [1.807, 2.05) is 36.5 Å². The van der Waals surface area contributed by atoms with Gasteiger partial charge in [0.2, 0.25) is 0 Å². The molecule has 1 atom stereocenters. The summed E-state index contributed by atoms with van der Waals surface area (Å²) in [5.74, 6) is 0.922. The predicted molar refractivity (Wildman–Crippen MR) is 106 cm³/mol. The molecule has 0 aliphatic carbocycles. The van der Waals surface area contributed by atoms with Crippen molar-refractivity contribution in [3.8, 4) is 11.3 Å². The first-order valence-electron chi connectivity index (χ1n) is 8.83. The third kappa shape index (κ3) is 3.73. The Hall–Kier alpha value is -3.17. The third-order valence-electron chi connectivity index (χ3n) is 4.43. The molecule has 4 aromatic rings. The lowest BCUT2D eigenvalue weighted by atomic mass is 10.1. The average Bonchev–Trinajstić information content (AvgIpc) is 3.20. The van der Waals surface area contributed by atoms with E-state index in [1.54, 1.807) is 0 Å². The van der Waals surface area contributed by atoms with E-state index in [1.165, 1.54) is 11.1 Å². The zero-order valence-corrected chi connectivity index (χ0v) is 14.5. The highest BCUT2D eigenvalue weighted by molar-refractivity contribution is 5.58. The zero-order valence-electron chi connectivity index (χ0n) is 14.5. The minimum absolute atomic E-state index is 0.00821. The van der Waals surface area contributed by atoms with Crippen molar-refractivity contribution in [1.29, 1.82) is 0 Å². The highest BCUT2D eigenvalue weighted by Crippen LogP contribution is 2.23. The van der Waals surface area contributed by atoms with Crippen LogP contribution in [0.5, 0.6) is 0 Å². The van der Waals surface area contributed by atoms with Crippen molar-refractivity contribution in [2.75, 3.05) is 0 Å². The van der Waals surface area contributed by atoms with Crippen molar-refractivity contribution in [3.63, 3.8) is 0 Å². The summed E-state index contributed by atoms with van der Waals surface area (Å²) in [6, 6.07) is 31.1. The fraction of sp³-hybridized carbons (Fsp3) is 0.0870. The Morgan fingerprint density at radius 3 is 2.08 bits per heavy atom. The molecule has 0 bridgehead atoms. The van der Waals surface area contributed by atoms with Gasteiger partial charge in [0, 0.05) is 18.3 Å². The van der Waals surface area contributed by atoms with Gasteiger partial charge in [0.1, 0.15) is 5.82 Å². The van der Waals surface area contributed by atoms with Gasteiger partial charge in [0.25, 0.3) is 0 Å². The van der Waals surface area contributed by atoms with Crippen molar-refractivity contribution in [3.05, 3.63) is 114 Å². The van der Waals surface area contributed by atoms with Crippen LogP contribution in [-0.2, 0) is 6.54 Å². The number of H-pyrrole nitrogens is 1. The first kappa shape index (κ1) is 16.3. The van der Waals surface area contributed by atoms with Crippen molar-refractivity contribution >= 4 is 0 Å². The first-order chi connectivity index (χ1) is 12.9. The second-order valence-electron chi connectivity index (χ2n) is 6.25. The fourth-order valence-electron chi connectivity index (χ4n) is 3.07. The fourth-order valence-corrected chi connectivity index (χ4v) is 3.07. The molecule has 0 aliphatic rings. The number of rotatable bonds is 6. The van der Waals surface area contributed by atoms with Gasteiger partial charge in [-0.05, 0) is 11.1 Å². The van der Waals surface area contributed by atoms with E-state index >= 15 is 0 Å². The van der Waals surface area contributed by atoms with Crippen LogP contribution in [0.15, 0.2) is 97.2 Å². The van der Waals surface area contributed by atoms with Crippen molar-refractivity contribution in [1.82, 2.24) is 15.3 Å². The van der Waals surface area contributed by atoms with Crippen LogP contribution in [0.1, 0.15) is 23.0 Å². The van der Waals surface area contributed by atoms with E-state index in [0.717, 1.165) is 23.6 Å². The summed E-state index contributed by atoms with van der Waals surface area (Å²) in [7, 11) is 0. The van der Waals surface area contributed by atoms with Crippen LogP contribution in [0.25, 0.3) is 11.3 Å². The average molecular weight is 339 g/mol. The number of benzene rings is 3. The van der Waals surface area contributed by atoms with Crippen LogP contribution in [0.4, 0.5) is 0 Å². The predicted octanol–water partition coefficient (Wildman–Crippen LogP) is 4.96. The van der Waals surface area contributed by atoms with E-state index in [0.29, 0.717) is 0 Å². The molecule has 0 saturated heterocycles. The van der Waals surface area contributed by atoms with E-state index in [-0.39, 0.29) is 6.04 Å². The highest BCUT2D eigenvalue weighted by Gasteiger charge is 2.17. The van der Waals surface area contributed by atoms with Gasteiger partial charge < -0.3 is 4.98 Å². The molecule has 0 spiro atoms. The molecule has 0 aliphatic heterocycles. The summed E-state index contributed by atoms with van der Waals surface area (Å²) in [5, 5.41) is 3.64. The Balaban J connectivity index is 1.62. The molecular weight excluding hydrogens is 318 g/mol. The Labute approximate surface area is 153 Å². The van der Waals surface area contributed by atoms with Gasteiger partial charge >= 0.3 is 0 Å². The molecule has 3 heteroatoms. The van der Waals surface area contributed by atoms with Crippen LogP contribution in [0.2, 0.25) is 0 Å². The standard InChI is InChI=1S/C23H21N3/c1-4-10-18(11-5-1)16-24-22(20-14-8-3-9-15-20)23-25-17-21(26-23)19-12-6-2-7-13-19/h1-15,17,22,24H,16H2,(H,25,26)/t22-/m0/s1. The SMILES string of the molecule is c1ccc(CN[C@@H](c2ccccc2)c2nc(-c3ccccc3)c[nH]2)cc1. The molecule has 0 radical (unpaired) electrons. The first-order valence-corrected chi connectivity index (χ1v) is 8.83. The lowest BCUT2D eigenvalue weighted by Gasteiger charge is -2.17. The lowest BCUT2D eigenvalue weighted by molar-refractivity contribution is 0.581. The minimum atomic E-state index is 0.00821. The van der Waals surface area contributed by atoms with Crippen LogP contribution < -0.4 is 5.32 Å². The smallest absolute Gasteiger partial charge is 0.128 e. The Bertz CT molecular complexity index is 931. The maximum atomic E-state index is 4.85. The van der Waals surface area contributed by atoms with E-state index in [4.69, 9.17) is 4.98 Å². The molecule has 0 fully saturated rings. The van der Waals surface area contributed by atoms with Gasteiger partial charge in [0.15, 0.2) is 0 Å². The molecule has 0 unspecified atom stereocenters. The monoisotopic (exact) mass is 339 g/mol. The summed E-state index contributed by atoms with van der Waals surface area (Å²) < 4.78 is 0. The van der Waals surface area contributed by atoms with Gasteiger partial charge in [-0.3, -0.25) is 5.32 Å². The second-order valence-corrected chi connectivity index (χ2v) is 6.25. The number of hydrogen-bond donors (Lipinski definition) is 2. The molecule has 1 heterocycles. The molecular formula is C23H21N3. The molecule has 128 valence electrons. The topological polar surface area (TPSA) is 40.7 Å². The van der Waals surface area contributed by atoms with E-state index in [2.05, 4.69) is 71.0 Å². The van der Waals surface area contributed by atoms with E-state index < -0.39 is 0 Å². The van der Waals surface area contributed by atoms with Crippen LogP contribution in [0, 0.1) is 0 Å². The van der Waals surface area contributed by atoms with Crippen LogP contribution in [-0.4, -0.2) is 9.97 Å². The molecule has 0 amide bonds. The number of nitrogens with one attached hydrogen (secondary N) is 2. The Kier molecular flexibility index (Phi) is 4.90. The Morgan fingerprint density at radius 2 is 1.38 bits per heavy atom. The lowest BCUT2D eigenvalue weighted by Crippen LogP contribution is -2.23. The molecule has 4 rings (SSSR count). The Morgan fingerprint density at radius 1 is 0.769 bits per heavy atom. The summed E-state index contributed by atoms with van der Waals surface area (Å²) in [6.45, 7) is 0.780. The number of nitrogens with zero attached hydrogens (tertiary/aromatic N) is 1. The van der Waals surface area contributed by atoms with Gasteiger partial charge in [0.05, 0.1) is 11.7 Å². The molecule has 26 heavy (non-hydrogen) atoms. The van der Waals surface area contributed by atoms with Crippen LogP contribution >= 0.6 is 0 Å². The number of imidazole rings is 1. The van der Waals surface area contributed by atoms with Crippen LogP contribution in [0.3, 0.4) is 0 Å². The van der Waals surface area contributed by atoms with Gasteiger partial charge in [-0.2, -0.15) is 0 Å². The van der Waals surface area contributed by atoms with Crippen molar-refractivity contribution < 1.29 is 0 Å². The maximum Gasteiger partial charge on any atom is 0.128 e. The summed E-state index contributed by atoms with van der Waals surface area (Å²) >= 11 is 0. The van der Waals surface area contributed by atoms with Crippen molar-refractivity contribution in [2.24, 2.45) is 0 Å². The summed E-state index contributed by atoms with van der Waals surface area (Å²) in [6.07, 6.45) is 1.98. The maximum absolute atomic E-state index is 4.85.